The monoisotopic (exact) mass is 465 g/mol. The minimum atomic E-state index is 0. The second kappa shape index (κ2) is 20.3. The minimum absolute atomic E-state index is 0. The number of aliphatic imine (C=N–C) groups is 1. The van der Waals surface area contributed by atoms with Gasteiger partial charge in [-0.25, -0.2) is 0 Å². The van der Waals surface area contributed by atoms with Crippen molar-refractivity contribution in [1.29, 1.82) is 0 Å². The van der Waals surface area contributed by atoms with Crippen LogP contribution in [0.4, 0.5) is 0 Å². The summed E-state index contributed by atoms with van der Waals surface area (Å²) in [6, 6.07) is 0. The van der Waals surface area contributed by atoms with Crippen molar-refractivity contribution in [3.63, 3.8) is 0 Å². The summed E-state index contributed by atoms with van der Waals surface area (Å²) in [7, 11) is 10.2. The van der Waals surface area contributed by atoms with Gasteiger partial charge in [0.05, 0.1) is 0 Å². The topological polar surface area (TPSA) is 73.7 Å². The van der Waals surface area contributed by atoms with Gasteiger partial charge in [-0.05, 0) is 0 Å². The van der Waals surface area contributed by atoms with Crippen LogP contribution in [0.15, 0.2) is 13.8 Å². The zero-order valence-electron chi connectivity index (χ0n) is 12.1. The first-order chi connectivity index (χ1) is 8.58. The van der Waals surface area contributed by atoms with Crippen LogP contribution < -0.4 is 11.2 Å². The number of ether oxygens (including phenoxy) is 1. The van der Waals surface area contributed by atoms with Gasteiger partial charge in [-0.2, -0.15) is 6.40 Å². The predicted molar refractivity (Wildman–Crippen MR) is 84.2 cm³/mol. The van der Waals surface area contributed by atoms with Crippen LogP contribution >= 0.6 is 0 Å². The molecule has 2 aromatic rings. The number of rotatable bonds is 0. The van der Waals surface area contributed by atoms with Gasteiger partial charge in [-0.3, -0.25) is 0 Å². The molecule has 6 radical (unpaired) electrons. The molecule has 3 heterocycles. The number of aromatic nitrogens is 2. The standard InChI is InChI=1S/2C4H3BNO.C2H2NO.2CH4.CH3.2Y/c2*1-3-6-4(5)2-7-3;1-3-2-4-1;;;;;/h2*1H3;1H2;2*1H4;1H3;;/q3*-1;;;-1;;. The molecule has 1 aliphatic heterocycles. The fourth-order valence-electron chi connectivity index (χ4n) is 0.747. The van der Waals surface area contributed by atoms with Crippen molar-refractivity contribution in [2.24, 2.45) is 4.99 Å². The van der Waals surface area contributed by atoms with Crippen LogP contribution in [0.2, 0.25) is 0 Å². The first-order valence-electron chi connectivity index (χ1n) is 4.82. The molecular formula is C13H19B2N3O3Y2-4. The molecule has 2 aromatic heterocycles. The zero-order chi connectivity index (χ0) is 13.4. The maximum absolute atomic E-state index is 5.12. The summed E-state index contributed by atoms with van der Waals surface area (Å²) in [6.45, 7) is 3.94. The van der Waals surface area contributed by atoms with Gasteiger partial charge in [-0.1, -0.05) is 52.4 Å². The van der Waals surface area contributed by atoms with Crippen molar-refractivity contribution in [3.05, 3.63) is 31.7 Å². The molecule has 120 valence electrons. The van der Waals surface area contributed by atoms with Gasteiger partial charge in [0.1, 0.15) is 22.4 Å². The van der Waals surface area contributed by atoms with Gasteiger partial charge in [0.25, 0.3) is 0 Å². The van der Waals surface area contributed by atoms with E-state index in [1.54, 1.807) is 13.8 Å². The van der Waals surface area contributed by atoms with E-state index in [-0.39, 0.29) is 87.7 Å². The molecule has 0 spiro atoms. The van der Waals surface area contributed by atoms with E-state index < -0.39 is 0 Å². The number of oxazole rings is 2. The van der Waals surface area contributed by atoms with Crippen molar-refractivity contribution in [2.75, 3.05) is 6.73 Å². The summed E-state index contributed by atoms with van der Waals surface area (Å²) in [5.74, 6) is 1.11. The molecule has 0 bridgehead atoms. The van der Waals surface area contributed by atoms with Gasteiger partial charge in [-0.15, -0.1) is 0 Å². The van der Waals surface area contributed by atoms with Gasteiger partial charge in [0.15, 0.2) is 0 Å². The van der Waals surface area contributed by atoms with Crippen molar-refractivity contribution >= 4 is 33.3 Å². The van der Waals surface area contributed by atoms with E-state index >= 15 is 0 Å². The van der Waals surface area contributed by atoms with Crippen molar-refractivity contribution in [1.82, 2.24) is 9.97 Å². The van der Waals surface area contributed by atoms with Crippen LogP contribution in [0.3, 0.4) is 0 Å². The summed E-state index contributed by atoms with van der Waals surface area (Å²) in [4.78, 5) is 10.8. The molecule has 0 N–H and O–H groups in total. The maximum atomic E-state index is 5.12. The van der Waals surface area contributed by atoms with Crippen molar-refractivity contribution in [3.8, 4) is 0 Å². The van der Waals surface area contributed by atoms with Crippen LogP contribution in [0.25, 0.3) is 0 Å². The molecule has 10 heteroatoms. The quantitative estimate of drug-likeness (QED) is 0.425. The van der Waals surface area contributed by atoms with E-state index in [2.05, 4.69) is 47.5 Å². The molecule has 0 saturated heterocycles. The molecule has 23 heavy (non-hydrogen) atoms. The average Bonchev–Trinajstić information content (AvgIpc) is 2.74. The Kier molecular flexibility index (Phi) is 30.4. The van der Waals surface area contributed by atoms with Gasteiger partial charge in [0.2, 0.25) is 0 Å². The van der Waals surface area contributed by atoms with Crippen LogP contribution in [0.5, 0.6) is 0 Å². The fraction of sp³-hybridized carbons (Fsp3) is 0.385. The van der Waals surface area contributed by atoms with Crippen molar-refractivity contribution in [2.45, 2.75) is 28.7 Å². The summed E-state index contributed by atoms with van der Waals surface area (Å²) in [6.07, 6.45) is 6.96. The molecule has 3 rings (SSSR count). The number of hydrogen-bond donors (Lipinski definition) is 0. The average molecular weight is 465 g/mol. The summed E-state index contributed by atoms with van der Waals surface area (Å²) < 4.78 is 13.5. The molecule has 0 saturated carbocycles. The summed E-state index contributed by atoms with van der Waals surface area (Å²) in [5.41, 5.74) is 0.634. The Bertz CT molecular complexity index is 431. The molecule has 0 aliphatic carbocycles. The van der Waals surface area contributed by atoms with Crippen LogP contribution in [0, 0.1) is 33.8 Å². The summed E-state index contributed by atoms with van der Waals surface area (Å²) >= 11 is 0. The van der Waals surface area contributed by atoms with E-state index in [0.717, 1.165) is 0 Å². The third-order valence-electron chi connectivity index (χ3n) is 1.42. The van der Waals surface area contributed by atoms with Gasteiger partial charge in [0, 0.05) is 77.2 Å². The first-order valence-corrected chi connectivity index (χ1v) is 4.82. The van der Waals surface area contributed by atoms with E-state index in [0.29, 0.717) is 29.7 Å². The second-order valence-corrected chi connectivity index (χ2v) is 2.96. The second-order valence-electron chi connectivity index (χ2n) is 2.96. The molecule has 1 aliphatic rings. The SMILES string of the molecule is C.C.[B]c1[c-]oc(C)n1.[B]c1[c-]oc(C)n1.[C-]1=NCO1.[CH3-].[Y].[Y]. The minimum Gasteiger partial charge on any atom is -0.661 e. The molecule has 0 atom stereocenters. The number of aryl methyl sites for hydroxylation is 2. The molecule has 0 amide bonds. The largest absolute Gasteiger partial charge is 0.661 e. The Labute approximate surface area is 192 Å². The van der Waals surface area contributed by atoms with E-state index in [1.165, 1.54) is 0 Å². The Hall–Kier alpha value is 0.228. The first kappa shape index (κ1) is 34.5. The third-order valence-corrected chi connectivity index (χ3v) is 1.42. The van der Waals surface area contributed by atoms with E-state index in [1.807, 2.05) is 0 Å². The maximum Gasteiger partial charge on any atom is 0.114 e. The Balaban J connectivity index is -0.0000000651. The number of hydrogen-bond acceptors (Lipinski definition) is 6. The van der Waals surface area contributed by atoms with Gasteiger partial charge < -0.3 is 36.0 Å². The Morgan fingerprint density at radius 3 is 1.22 bits per heavy atom. The summed E-state index contributed by atoms with van der Waals surface area (Å²) in [5, 5.41) is 0. The normalized spacial score (nSPS) is 8.78. The molecule has 0 fully saturated rings. The predicted octanol–water partition coefficient (Wildman–Crippen LogP) is 0.751. The molecule has 0 unspecified atom stereocenters. The van der Waals surface area contributed by atoms with Crippen LogP contribution in [-0.2, 0) is 70.2 Å². The smallest absolute Gasteiger partial charge is 0.114 e. The van der Waals surface area contributed by atoms with Crippen LogP contribution in [-0.4, -0.2) is 38.8 Å². The molecule has 6 nitrogen and oxygen atoms in total. The van der Waals surface area contributed by atoms with Crippen molar-refractivity contribution < 1.29 is 79.0 Å². The zero-order valence-corrected chi connectivity index (χ0v) is 17.8. The third kappa shape index (κ3) is 18.4. The fourth-order valence-corrected chi connectivity index (χ4v) is 0.747. The molecule has 0 aromatic carbocycles. The van der Waals surface area contributed by atoms with Gasteiger partial charge >= 0.3 is 0 Å². The van der Waals surface area contributed by atoms with E-state index in [9.17, 15) is 0 Å². The molecular weight excluding hydrogens is 446 g/mol. The Morgan fingerprint density at radius 1 is 0.913 bits per heavy atom. The van der Waals surface area contributed by atoms with E-state index in [4.69, 9.17) is 15.7 Å². The Morgan fingerprint density at radius 2 is 1.17 bits per heavy atom. The van der Waals surface area contributed by atoms with Crippen LogP contribution in [0.1, 0.15) is 26.6 Å². The number of nitrogens with zero attached hydrogens (tertiary/aromatic N) is 3.